The Hall–Kier alpha value is -2.84. The maximum Gasteiger partial charge on any atom is 0.337 e. The van der Waals surface area contributed by atoms with Crippen molar-refractivity contribution >= 4 is 51.7 Å². The van der Waals surface area contributed by atoms with Crippen molar-refractivity contribution in [2.75, 3.05) is 6.54 Å². The molecule has 0 bridgehead atoms. The molecule has 0 saturated heterocycles. The molecule has 0 aliphatic carbocycles. The lowest BCUT2D eigenvalue weighted by Crippen LogP contribution is -2.41. The standard InChI is InChI=1S/C19H18ClN3O4S/c1-2-3-8-21-18(26)22-19(27)23-13-7-6-11(20)10-12(13)15(17(23)25)16(24)14-5-4-9-28-14/h4-7,9-10,25H,2-3,8H2,1H3,(H2,21,22,26,27). The summed E-state index contributed by atoms with van der Waals surface area (Å²) in [6.45, 7) is 2.40. The number of carbonyl (C=O) groups excluding carboxylic acids is 3. The Morgan fingerprint density at radius 1 is 1.25 bits per heavy atom. The predicted octanol–water partition coefficient (Wildman–Crippen LogP) is 4.36. The van der Waals surface area contributed by atoms with Crippen LogP contribution < -0.4 is 10.6 Å². The van der Waals surface area contributed by atoms with Gasteiger partial charge in [-0.2, -0.15) is 0 Å². The molecule has 3 rings (SSSR count). The lowest BCUT2D eigenvalue weighted by Gasteiger charge is -2.08. The molecule has 0 aliphatic rings. The van der Waals surface area contributed by atoms with Crippen LogP contribution >= 0.6 is 22.9 Å². The number of aromatic hydroxyl groups is 1. The summed E-state index contributed by atoms with van der Waals surface area (Å²) in [6.07, 6.45) is 1.67. The van der Waals surface area contributed by atoms with Gasteiger partial charge >= 0.3 is 12.1 Å². The molecule has 1 aromatic carbocycles. The summed E-state index contributed by atoms with van der Waals surface area (Å²) in [4.78, 5) is 37.8. The van der Waals surface area contributed by atoms with E-state index in [1.54, 1.807) is 17.5 Å². The smallest absolute Gasteiger partial charge is 0.337 e. The van der Waals surface area contributed by atoms with E-state index in [-0.39, 0.29) is 11.1 Å². The molecule has 2 aromatic heterocycles. The second-order valence-electron chi connectivity index (χ2n) is 6.04. The number of nitrogens with one attached hydrogen (secondary N) is 2. The molecule has 3 N–H and O–H groups in total. The summed E-state index contributed by atoms with van der Waals surface area (Å²) in [7, 11) is 0. The normalized spacial score (nSPS) is 10.8. The van der Waals surface area contributed by atoms with Crippen LogP contribution in [0.4, 0.5) is 9.59 Å². The number of benzene rings is 1. The molecular formula is C19H18ClN3O4S. The molecule has 2 heterocycles. The van der Waals surface area contributed by atoms with Gasteiger partial charge in [0.1, 0.15) is 0 Å². The van der Waals surface area contributed by atoms with Crippen LogP contribution in [0.1, 0.15) is 35.0 Å². The number of nitrogens with zero attached hydrogens (tertiary/aromatic N) is 1. The minimum atomic E-state index is -0.871. The van der Waals surface area contributed by atoms with E-state index < -0.39 is 23.7 Å². The quantitative estimate of drug-likeness (QED) is 0.422. The molecule has 7 nitrogen and oxygen atoms in total. The van der Waals surface area contributed by atoms with Gasteiger partial charge in [0.2, 0.25) is 11.7 Å². The van der Waals surface area contributed by atoms with Crippen LogP contribution in [0.3, 0.4) is 0 Å². The molecule has 3 amide bonds. The zero-order chi connectivity index (χ0) is 20.3. The number of halogens is 1. The van der Waals surface area contributed by atoms with Gasteiger partial charge in [0, 0.05) is 17.0 Å². The molecule has 146 valence electrons. The zero-order valence-corrected chi connectivity index (χ0v) is 16.6. The first-order valence-electron chi connectivity index (χ1n) is 8.64. The molecule has 0 spiro atoms. The third-order valence-corrected chi connectivity index (χ3v) is 5.22. The molecule has 9 heteroatoms. The highest BCUT2D eigenvalue weighted by Gasteiger charge is 2.27. The maximum atomic E-state index is 12.9. The maximum absolute atomic E-state index is 12.9. The molecule has 28 heavy (non-hydrogen) atoms. The first-order chi connectivity index (χ1) is 13.4. The number of thiophene rings is 1. The largest absolute Gasteiger partial charge is 0.494 e. The average molecular weight is 420 g/mol. The summed E-state index contributed by atoms with van der Waals surface area (Å²) in [6, 6.07) is 6.34. The van der Waals surface area contributed by atoms with E-state index in [0.29, 0.717) is 21.8 Å². The SMILES string of the molecule is CCCCNC(=O)NC(=O)n1c(O)c(C(=O)c2cccs2)c2cc(Cl)ccc21. The molecule has 0 saturated carbocycles. The van der Waals surface area contributed by atoms with Gasteiger partial charge in [-0.25, -0.2) is 14.2 Å². The Kier molecular flexibility index (Phi) is 6.01. The lowest BCUT2D eigenvalue weighted by molar-refractivity contribution is 0.104. The second kappa shape index (κ2) is 8.45. The van der Waals surface area contributed by atoms with Crippen LogP contribution in [0.25, 0.3) is 10.9 Å². The number of fused-ring (bicyclic) bond motifs is 1. The summed E-state index contributed by atoms with van der Waals surface area (Å²) in [5, 5.41) is 17.8. The fraction of sp³-hybridized carbons (Fsp3) is 0.211. The van der Waals surface area contributed by atoms with Crippen molar-refractivity contribution in [3.8, 4) is 5.88 Å². The van der Waals surface area contributed by atoms with E-state index in [1.807, 2.05) is 6.92 Å². The second-order valence-corrected chi connectivity index (χ2v) is 7.43. The summed E-state index contributed by atoms with van der Waals surface area (Å²) >= 11 is 7.27. The van der Waals surface area contributed by atoms with Gasteiger partial charge in [0.25, 0.3) is 0 Å². The Balaban J connectivity index is 2.01. The number of ketones is 1. The van der Waals surface area contributed by atoms with Crippen molar-refractivity contribution in [2.45, 2.75) is 19.8 Å². The third-order valence-electron chi connectivity index (χ3n) is 4.12. The molecule has 0 fully saturated rings. The number of hydrogen-bond acceptors (Lipinski definition) is 5. The molecule has 0 aliphatic heterocycles. The first-order valence-corrected chi connectivity index (χ1v) is 9.90. The van der Waals surface area contributed by atoms with Crippen molar-refractivity contribution in [3.63, 3.8) is 0 Å². The number of rotatable bonds is 5. The predicted molar refractivity (Wildman–Crippen MR) is 109 cm³/mol. The number of imide groups is 1. The van der Waals surface area contributed by atoms with Gasteiger partial charge in [-0.1, -0.05) is 31.0 Å². The van der Waals surface area contributed by atoms with Gasteiger partial charge in [-0.15, -0.1) is 11.3 Å². The van der Waals surface area contributed by atoms with Crippen molar-refractivity contribution in [1.82, 2.24) is 15.2 Å². The van der Waals surface area contributed by atoms with Crippen LogP contribution in [-0.4, -0.2) is 34.1 Å². The Morgan fingerprint density at radius 2 is 2.04 bits per heavy atom. The summed E-state index contributed by atoms with van der Waals surface area (Å²) in [5.74, 6) is -0.978. The van der Waals surface area contributed by atoms with Crippen molar-refractivity contribution in [1.29, 1.82) is 0 Å². The molecule has 0 atom stereocenters. The molecule has 3 aromatic rings. The highest BCUT2D eigenvalue weighted by Crippen LogP contribution is 2.35. The lowest BCUT2D eigenvalue weighted by atomic mass is 10.1. The van der Waals surface area contributed by atoms with Crippen molar-refractivity contribution < 1.29 is 19.5 Å². The van der Waals surface area contributed by atoms with E-state index >= 15 is 0 Å². The number of aromatic nitrogens is 1. The molecule has 0 radical (unpaired) electrons. The summed E-state index contributed by atoms with van der Waals surface area (Å²) in [5.41, 5.74) is 0.224. The van der Waals surface area contributed by atoms with E-state index in [4.69, 9.17) is 11.6 Å². The fourth-order valence-corrected chi connectivity index (χ4v) is 3.63. The van der Waals surface area contributed by atoms with Crippen molar-refractivity contribution in [2.24, 2.45) is 0 Å². The number of amides is 3. The summed E-state index contributed by atoms with van der Waals surface area (Å²) < 4.78 is 0.895. The van der Waals surface area contributed by atoms with Gasteiger partial charge < -0.3 is 10.4 Å². The van der Waals surface area contributed by atoms with E-state index in [0.717, 1.165) is 17.4 Å². The minimum Gasteiger partial charge on any atom is -0.494 e. The van der Waals surface area contributed by atoms with Gasteiger partial charge in [0.05, 0.1) is 16.0 Å². The minimum absolute atomic E-state index is 0.0403. The van der Waals surface area contributed by atoms with Gasteiger partial charge in [-0.3, -0.25) is 10.1 Å². The van der Waals surface area contributed by atoms with E-state index in [1.165, 1.54) is 29.5 Å². The number of hydrogen-bond donors (Lipinski definition) is 3. The third kappa shape index (κ3) is 3.88. The number of unbranched alkanes of at least 4 members (excludes halogenated alkanes) is 1. The van der Waals surface area contributed by atoms with Crippen LogP contribution in [0.15, 0.2) is 35.7 Å². The Bertz CT molecular complexity index is 1040. The van der Waals surface area contributed by atoms with E-state index in [9.17, 15) is 19.5 Å². The van der Waals surface area contributed by atoms with Crippen LogP contribution in [0.5, 0.6) is 5.88 Å². The highest BCUT2D eigenvalue weighted by molar-refractivity contribution is 7.12. The topological polar surface area (TPSA) is 100 Å². The van der Waals surface area contributed by atoms with Crippen molar-refractivity contribution in [3.05, 3.63) is 51.2 Å². The van der Waals surface area contributed by atoms with E-state index in [2.05, 4.69) is 10.6 Å². The Morgan fingerprint density at radius 3 is 2.71 bits per heavy atom. The monoisotopic (exact) mass is 419 g/mol. The zero-order valence-electron chi connectivity index (χ0n) is 15.0. The number of carbonyl (C=O) groups is 3. The van der Waals surface area contributed by atoms with Gasteiger partial charge in [-0.05, 0) is 36.1 Å². The number of urea groups is 1. The van der Waals surface area contributed by atoms with Gasteiger partial charge in [0.15, 0.2) is 0 Å². The molecule has 0 unspecified atom stereocenters. The molecular weight excluding hydrogens is 402 g/mol. The average Bonchev–Trinajstić information content (AvgIpc) is 3.27. The highest BCUT2D eigenvalue weighted by atomic mass is 35.5. The van der Waals surface area contributed by atoms with Crippen LogP contribution in [0, 0.1) is 0 Å². The van der Waals surface area contributed by atoms with Crippen LogP contribution in [0.2, 0.25) is 5.02 Å². The first kappa shape index (κ1) is 19.9. The van der Waals surface area contributed by atoms with Crippen LogP contribution in [-0.2, 0) is 0 Å². The Labute approximate surface area is 169 Å². The fourth-order valence-electron chi connectivity index (χ4n) is 2.79.